The van der Waals surface area contributed by atoms with Gasteiger partial charge in [-0.25, -0.2) is 4.79 Å². The molecule has 0 bridgehead atoms. The van der Waals surface area contributed by atoms with Crippen molar-refractivity contribution in [1.29, 1.82) is 0 Å². The molecule has 2 aromatic rings. The van der Waals surface area contributed by atoms with E-state index < -0.39 is 11.7 Å². The number of alkyl carbamates (subject to hydrolysis) is 1. The Morgan fingerprint density at radius 1 is 1.25 bits per heavy atom. The second kappa shape index (κ2) is 8.19. The molecule has 6 heteroatoms. The predicted octanol–water partition coefficient (Wildman–Crippen LogP) is 4.47. The average Bonchev–Trinajstić information content (AvgIpc) is 2.61. The van der Waals surface area contributed by atoms with Crippen LogP contribution in [0.25, 0.3) is 0 Å². The number of rotatable bonds is 4. The molecule has 2 aromatic carbocycles. The largest absolute Gasteiger partial charge is 0.496 e. The van der Waals surface area contributed by atoms with E-state index in [0.717, 1.165) is 29.0 Å². The van der Waals surface area contributed by atoms with Crippen molar-refractivity contribution in [2.75, 3.05) is 12.4 Å². The van der Waals surface area contributed by atoms with Crippen molar-refractivity contribution in [3.63, 3.8) is 0 Å². The van der Waals surface area contributed by atoms with Gasteiger partial charge in [-0.05, 0) is 43.5 Å². The molecule has 1 aliphatic heterocycles. The lowest BCUT2D eigenvalue weighted by atomic mass is 9.94. The number of carbonyl (C=O) groups excluding carboxylic acids is 1. The molecule has 0 aliphatic carbocycles. The van der Waals surface area contributed by atoms with Crippen LogP contribution in [0.3, 0.4) is 0 Å². The molecule has 148 valence electrons. The van der Waals surface area contributed by atoms with Gasteiger partial charge in [0.15, 0.2) is 0 Å². The molecule has 1 atom stereocenters. The minimum Gasteiger partial charge on any atom is -0.496 e. The lowest BCUT2D eigenvalue weighted by Gasteiger charge is -2.30. The highest BCUT2D eigenvalue weighted by atomic mass is 32.1. The summed E-state index contributed by atoms with van der Waals surface area (Å²) in [6, 6.07) is 14.0. The van der Waals surface area contributed by atoms with Crippen LogP contribution >= 0.6 is 12.2 Å². The number of carbonyl (C=O) groups is 1. The predicted molar refractivity (Wildman–Crippen MR) is 115 cm³/mol. The van der Waals surface area contributed by atoms with Gasteiger partial charge in [0, 0.05) is 24.6 Å². The SMILES string of the molecule is COc1cc2c(cc1Cc1ccccc1)C[C@H](NC(=O)OC(C)(C)C)C(=S)N2. The summed E-state index contributed by atoms with van der Waals surface area (Å²) < 4.78 is 11.0. The Labute approximate surface area is 171 Å². The van der Waals surface area contributed by atoms with Crippen molar-refractivity contribution in [2.45, 2.75) is 45.3 Å². The minimum atomic E-state index is -0.554. The Bertz CT molecular complexity index is 875. The number of ether oxygens (including phenoxy) is 2. The molecule has 3 rings (SSSR count). The van der Waals surface area contributed by atoms with Crippen molar-refractivity contribution in [3.05, 3.63) is 59.2 Å². The van der Waals surface area contributed by atoms with Crippen molar-refractivity contribution < 1.29 is 14.3 Å². The quantitative estimate of drug-likeness (QED) is 0.744. The molecule has 0 unspecified atom stereocenters. The molecule has 1 heterocycles. The molecule has 1 amide bonds. The van der Waals surface area contributed by atoms with Gasteiger partial charge < -0.3 is 20.1 Å². The number of amides is 1. The Morgan fingerprint density at radius 2 is 1.96 bits per heavy atom. The third-order valence-corrected chi connectivity index (χ3v) is 4.82. The Kier molecular flexibility index (Phi) is 5.89. The van der Waals surface area contributed by atoms with E-state index in [-0.39, 0.29) is 6.04 Å². The van der Waals surface area contributed by atoms with Gasteiger partial charge in [0.1, 0.15) is 16.3 Å². The van der Waals surface area contributed by atoms with Gasteiger partial charge in [0.05, 0.1) is 13.2 Å². The van der Waals surface area contributed by atoms with Gasteiger partial charge in [-0.3, -0.25) is 0 Å². The van der Waals surface area contributed by atoms with Crippen LogP contribution in [0.15, 0.2) is 42.5 Å². The van der Waals surface area contributed by atoms with Crippen LogP contribution in [0, 0.1) is 0 Å². The van der Waals surface area contributed by atoms with Crippen LogP contribution in [0.5, 0.6) is 5.75 Å². The number of hydrogen-bond donors (Lipinski definition) is 2. The number of benzene rings is 2. The van der Waals surface area contributed by atoms with Crippen LogP contribution in [0.4, 0.5) is 10.5 Å². The highest BCUT2D eigenvalue weighted by Crippen LogP contribution is 2.32. The van der Waals surface area contributed by atoms with Gasteiger partial charge in [-0.15, -0.1) is 0 Å². The van der Waals surface area contributed by atoms with Crippen LogP contribution in [0.2, 0.25) is 0 Å². The minimum absolute atomic E-state index is 0.310. The van der Waals surface area contributed by atoms with Crippen molar-refractivity contribution in [2.24, 2.45) is 0 Å². The Balaban J connectivity index is 1.81. The van der Waals surface area contributed by atoms with Crippen molar-refractivity contribution in [1.82, 2.24) is 5.32 Å². The molecule has 2 N–H and O–H groups in total. The first kappa shape index (κ1) is 20.1. The molecule has 5 nitrogen and oxygen atoms in total. The third-order valence-electron chi connectivity index (χ3n) is 4.43. The fourth-order valence-corrected chi connectivity index (χ4v) is 3.46. The highest BCUT2D eigenvalue weighted by molar-refractivity contribution is 7.80. The molecule has 0 spiro atoms. The highest BCUT2D eigenvalue weighted by Gasteiger charge is 2.28. The molecule has 0 fully saturated rings. The molecule has 1 aliphatic rings. The maximum absolute atomic E-state index is 12.2. The van der Waals surface area contributed by atoms with E-state index in [1.807, 2.05) is 45.0 Å². The van der Waals surface area contributed by atoms with Gasteiger partial charge in [-0.1, -0.05) is 42.5 Å². The third kappa shape index (κ3) is 5.01. The van der Waals surface area contributed by atoms with E-state index >= 15 is 0 Å². The molecule has 0 saturated heterocycles. The Hall–Kier alpha value is -2.60. The lowest BCUT2D eigenvalue weighted by molar-refractivity contribution is 0.0518. The summed E-state index contributed by atoms with van der Waals surface area (Å²) in [6.07, 6.45) is 0.904. The van der Waals surface area contributed by atoms with Crippen molar-refractivity contribution in [3.8, 4) is 5.75 Å². The number of anilines is 1. The van der Waals surface area contributed by atoms with Gasteiger partial charge >= 0.3 is 6.09 Å². The van der Waals surface area contributed by atoms with Gasteiger partial charge in [-0.2, -0.15) is 0 Å². The zero-order valence-corrected chi connectivity index (χ0v) is 17.5. The molecular formula is C22H26N2O3S. The summed E-state index contributed by atoms with van der Waals surface area (Å²) in [5.74, 6) is 0.816. The fraction of sp³-hybridized carbons (Fsp3) is 0.364. The van der Waals surface area contributed by atoms with E-state index in [1.54, 1.807) is 7.11 Å². The van der Waals surface area contributed by atoms with E-state index in [2.05, 4.69) is 28.8 Å². The zero-order valence-electron chi connectivity index (χ0n) is 16.7. The standard InChI is InChI=1S/C22H26N2O3S/c1-22(2,3)27-21(25)24-18-12-15-11-16(10-14-8-6-5-7-9-14)19(26-4)13-17(15)23-20(18)28/h5-9,11,13,18H,10,12H2,1-4H3,(H,23,28)(H,24,25)/t18-/m0/s1. The molecule has 0 radical (unpaired) electrons. The smallest absolute Gasteiger partial charge is 0.408 e. The van der Waals surface area contributed by atoms with Gasteiger partial charge in [0.25, 0.3) is 0 Å². The number of nitrogens with one attached hydrogen (secondary N) is 2. The summed E-state index contributed by atoms with van der Waals surface area (Å²) in [4.78, 5) is 12.7. The average molecular weight is 399 g/mol. The van der Waals surface area contributed by atoms with E-state index in [0.29, 0.717) is 11.4 Å². The normalized spacial score (nSPS) is 16.0. The summed E-state index contributed by atoms with van der Waals surface area (Å²) >= 11 is 5.46. The second-order valence-corrected chi connectivity index (χ2v) is 8.32. The second-order valence-electron chi connectivity index (χ2n) is 7.88. The zero-order chi connectivity index (χ0) is 20.3. The van der Waals surface area contributed by atoms with Crippen LogP contribution in [0.1, 0.15) is 37.5 Å². The van der Waals surface area contributed by atoms with Crippen LogP contribution in [-0.4, -0.2) is 29.8 Å². The van der Waals surface area contributed by atoms with Crippen LogP contribution < -0.4 is 15.4 Å². The number of fused-ring (bicyclic) bond motifs is 1. The summed E-state index contributed by atoms with van der Waals surface area (Å²) in [5, 5.41) is 6.09. The van der Waals surface area contributed by atoms with Crippen molar-refractivity contribution >= 4 is 29.0 Å². The molecule has 0 saturated carbocycles. The van der Waals surface area contributed by atoms with E-state index in [4.69, 9.17) is 21.7 Å². The van der Waals surface area contributed by atoms with E-state index in [9.17, 15) is 4.79 Å². The number of methoxy groups -OCH3 is 1. The monoisotopic (exact) mass is 398 g/mol. The molecule has 28 heavy (non-hydrogen) atoms. The Morgan fingerprint density at radius 3 is 2.61 bits per heavy atom. The topological polar surface area (TPSA) is 59.6 Å². The summed E-state index contributed by atoms with van der Waals surface area (Å²) in [7, 11) is 1.67. The lowest BCUT2D eigenvalue weighted by Crippen LogP contribution is -2.48. The first-order chi connectivity index (χ1) is 13.2. The fourth-order valence-electron chi connectivity index (χ4n) is 3.20. The maximum atomic E-state index is 12.2. The first-order valence-corrected chi connectivity index (χ1v) is 9.70. The maximum Gasteiger partial charge on any atom is 0.408 e. The number of hydrogen-bond acceptors (Lipinski definition) is 4. The summed E-state index contributed by atoms with van der Waals surface area (Å²) in [5.41, 5.74) is 3.76. The van der Waals surface area contributed by atoms with Gasteiger partial charge in [0.2, 0.25) is 0 Å². The molecule has 0 aromatic heterocycles. The van der Waals surface area contributed by atoms with E-state index in [1.165, 1.54) is 5.56 Å². The van der Waals surface area contributed by atoms with Crippen LogP contribution in [-0.2, 0) is 17.6 Å². The first-order valence-electron chi connectivity index (χ1n) is 9.29. The summed E-state index contributed by atoms with van der Waals surface area (Å²) in [6.45, 7) is 5.50. The molecular weight excluding hydrogens is 372 g/mol. The number of thiocarbonyl (C=S) groups is 1.